The standard InChI is InChI=1S/C17H29NO/c1-12-7-14(3)17(15(4)8-12)10-16(18-5)9-13(2)11-19-6/h7-8,13,16,18H,9-11H2,1-6H3. The first-order chi connectivity index (χ1) is 8.97. The second kappa shape index (κ2) is 7.66. The monoisotopic (exact) mass is 263 g/mol. The van der Waals surface area contributed by atoms with Crippen LogP contribution in [0.2, 0.25) is 0 Å². The zero-order chi connectivity index (χ0) is 14.4. The summed E-state index contributed by atoms with van der Waals surface area (Å²) in [6.45, 7) is 9.70. The molecule has 1 N–H and O–H groups in total. The molecule has 0 aliphatic heterocycles. The van der Waals surface area contributed by atoms with Crippen LogP contribution in [-0.4, -0.2) is 26.8 Å². The highest BCUT2D eigenvalue weighted by Gasteiger charge is 2.14. The summed E-state index contributed by atoms with van der Waals surface area (Å²) in [4.78, 5) is 0. The third kappa shape index (κ3) is 4.96. The second-order valence-electron chi connectivity index (χ2n) is 5.86. The molecule has 1 rings (SSSR count). The molecule has 0 spiro atoms. The summed E-state index contributed by atoms with van der Waals surface area (Å²) in [5.41, 5.74) is 5.68. The van der Waals surface area contributed by atoms with Gasteiger partial charge in [-0.3, -0.25) is 0 Å². The molecule has 0 saturated carbocycles. The molecule has 0 bridgehead atoms. The van der Waals surface area contributed by atoms with Gasteiger partial charge >= 0.3 is 0 Å². The lowest BCUT2D eigenvalue weighted by atomic mass is 9.91. The van der Waals surface area contributed by atoms with Gasteiger partial charge in [0.15, 0.2) is 0 Å². The maximum absolute atomic E-state index is 5.23. The zero-order valence-electron chi connectivity index (χ0n) is 13.3. The van der Waals surface area contributed by atoms with Crippen molar-refractivity contribution in [2.24, 2.45) is 5.92 Å². The summed E-state index contributed by atoms with van der Waals surface area (Å²) in [6.07, 6.45) is 2.25. The summed E-state index contributed by atoms with van der Waals surface area (Å²) in [5, 5.41) is 3.45. The van der Waals surface area contributed by atoms with Crippen LogP contribution in [0.25, 0.3) is 0 Å². The molecule has 0 aromatic heterocycles. The average molecular weight is 263 g/mol. The van der Waals surface area contributed by atoms with Crippen LogP contribution in [0.5, 0.6) is 0 Å². The molecule has 1 aromatic carbocycles. The summed E-state index contributed by atoms with van der Waals surface area (Å²) in [7, 11) is 3.84. The predicted octanol–water partition coefficient (Wildman–Crippen LogP) is 3.41. The molecule has 0 fully saturated rings. The van der Waals surface area contributed by atoms with E-state index in [1.54, 1.807) is 7.11 Å². The smallest absolute Gasteiger partial charge is 0.0488 e. The Labute approximate surface area is 118 Å². The lowest BCUT2D eigenvalue weighted by molar-refractivity contribution is 0.150. The Kier molecular flexibility index (Phi) is 6.53. The van der Waals surface area contributed by atoms with Gasteiger partial charge in [0.25, 0.3) is 0 Å². The predicted molar refractivity (Wildman–Crippen MR) is 82.9 cm³/mol. The van der Waals surface area contributed by atoms with E-state index in [4.69, 9.17) is 4.74 Å². The molecule has 0 radical (unpaired) electrons. The first-order valence-electron chi connectivity index (χ1n) is 7.20. The summed E-state index contributed by atoms with van der Waals surface area (Å²) in [5.74, 6) is 0.591. The molecule has 0 amide bonds. The van der Waals surface area contributed by atoms with Crippen LogP contribution in [0, 0.1) is 26.7 Å². The summed E-state index contributed by atoms with van der Waals surface area (Å²) >= 11 is 0. The number of ether oxygens (including phenoxy) is 1. The van der Waals surface area contributed by atoms with Crippen molar-refractivity contribution in [2.45, 2.75) is 46.6 Å². The minimum atomic E-state index is 0.519. The van der Waals surface area contributed by atoms with Crippen LogP contribution in [0.15, 0.2) is 12.1 Å². The van der Waals surface area contributed by atoms with Gasteiger partial charge in [-0.25, -0.2) is 0 Å². The maximum atomic E-state index is 5.23. The molecule has 1 aromatic rings. The van der Waals surface area contributed by atoms with Gasteiger partial charge in [-0.1, -0.05) is 24.6 Å². The van der Waals surface area contributed by atoms with Crippen LogP contribution < -0.4 is 5.32 Å². The molecule has 0 saturated heterocycles. The molecule has 2 nitrogen and oxygen atoms in total. The molecule has 19 heavy (non-hydrogen) atoms. The number of likely N-dealkylation sites (N-methyl/N-ethyl adjacent to an activating group) is 1. The van der Waals surface area contributed by atoms with Crippen molar-refractivity contribution < 1.29 is 4.74 Å². The van der Waals surface area contributed by atoms with Crippen LogP contribution >= 0.6 is 0 Å². The highest BCUT2D eigenvalue weighted by atomic mass is 16.5. The van der Waals surface area contributed by atoms with Crippen molar-refractivity contribution in [3.63, 3.8) is 0 Å². The van der Waals surface area contributed by atoms with Crippen LogP contribution in [-0.2, 0) is 11.2 Å². The fraction of sp³-hybridized carbons (Fsp3) is 0.647. The number of rotatable bonds is 7. The second-order valence-corrected chi connectivity index (χ2v) is 5.86. The van der Waals surface area contributed by atoms with Gasteiger partial charge in [0.2, 0.25) is 0 Å². The van der Waals surface area contributed by atoms with Crippen LogP contribution in [0.1, 0.15) is 35.6 Å². The maximum Gasteiger partial charge on any atom is 0.0488 e. The Hall–Kier alpha value is -0.860. The number of hydrogen-bond acceptors (Lipinski definition) is 2. The van der Waals surface area contributed by atoms with Crippen molar-refractivity contribution in [1.82, 2.24) is 5.32 Å². The topological polar surface area (TPSA) is 21.3 Å². The molecule has 2 heteroatoms. The lowest BCUT2D eigenvalue weighted by Crippen LogP contribution is -2.31. The van der Waals surface area contributed by atoms with Crippen LogP contribution in [0.3, 0.4) is 0 Å². The Balaban J connectivity index is 2.76. The van der Waals surface area contributed by atoms with E-state index < -0.39 is 0 Å². The molecule has 0 aliphatic carbocycles. The third-order valence-electron chi connectivity index (χ3n) is 3.84. The quantitative estimate of drug-likeness (QED) is 0.814. The number of methoxy groups -OCH3 is 1. The first kappa shape index (κ1) is 16.2. The fourth-order valence-corrected chi connectivity index (χ4v) is 2.92. The van der Waals surface area contributed by atoms with Gasteiger partial charge in [-0.2, -0.15) is 0 Å². The normalized spacial score (nSPS) is 14.4. The molecule has 0 heterocycles. The zero-order valence-corrected chi connectivity index (χ0v) is 13.3. The minimum absolute atomic E-state index is 0.519. The van der Waals surface area contributed by atoms with E-state index in [9.17, 15) is 0 Å². The van der Waals surface area contributed by atoms with Gasteiger partial charge in [0, 0.05) is 19.8 Å². The number of nitrogens with one attached hydrogen (secondary N) is 1. The van der Waals surface area contributed by atoms with E-state index in [2.05, 4.69) is 52.2 Å². The van der Waals surface area contributed by atoms with E-state index in [0.29, 0.717) is 12.0 Å². The Morgan fingerprint density at radius 3 is 2.21 bits per heavy atom. The molecular formula is C17H29NO. The first-order valence-corrected chi connectivity index (χ1v) is 7.20. The van der Waals surface area contributed by atoms with Crippen molar-refractivity contribution in [1.29, 1.82) is 0 Å². The molecule has 108 valence electrons. The Bertz CT molecular complexity index is 377. The van der Waals surface area contributed by atoms with E-state index in [1.165, 1.54) is 22.3 Å². The van der Waals surface area contributed by atoms with Gasteiger partial charge in [-0.15, -0.1) is 0 Å². The average Bonchev–Trinajstić information content (AvgIpc) is 2.32. The van der Waals surface area contributed by atoms with Gasteiger partial charge in [-0.05, 0) is 63.3 Å². The highest BCUT2D eigenvalue weighted by molar-refractivity contribution is 5.38. The fourth-order valence-electron chi connectivity index (χ4n) is 2.92. The van der Waals surface area contributed by atoms with Gasteiger partial charge in [0.1, 0.15) is 0 Å². The SMILES string of the molecule is CNC(Cc1c(C)cc(C)cc1C)CC(C)COC. The largest absolute Gasteiger partial charge is 0.384 e. The highest BCUT2D eigenvalue weighted by Crippen LogP contribution is 2.20. The van der Waals surface area contributed by atoms with Crippen molar-refractivity contribution >= 4 is 0 Å². The van der Waals surface area contributed by atoms with Gasteiger partial charge in [0.05, 0.1) is 0 Å². The van der Waals surface area contributed by atoms with Crippen molar-refractivity contribution in [2.75, 3.05) is 20.8 Å². The lowest BCUT2D eigenvalue weighted by Gasteiger charge is -2.22. The van der Waals surface area contributed by atoms with E-state index in [-0.39, 0.29) is 0 Å². The van der Waals surface area contributed by atoms with E-state index in [0.717, 1.165) is 19.4 Å². The molecule has 2 atom stereocenters. The number of aryl methyl sites for hydroxylation is 3. The Morgan fingerprint density at radius 1 is 1.16 bits per heavy atom. The molecular weight excluding hydrogens is 234 g/mol. The molecule has 0 aliphatic rings. The van der Waals surface area contributed by atoms with Crippen LogP contribution in [0.4, 0.5) is 0 Å². The number of hydrogen-bond donors (Lipinski definition) is 1. The summed E-state index contributed by atoms with van der Waals surface area (Å²) in [6, 6.07) is 5.09. The minimum Gasteiger partial charge on any atom is -0.384 e. The van der Waals surface area contributed by atoms with Crippen molar-refractivity contribution in [3.8, 4) is 0 Å². The van der Waals surface area contributed by atoms with E-state index >= 15 is 0 Å². The van der Waals surface area contributed by atoms with Crippen molar-refractivity contribution in [3.05, 3.63) is 34.4 Å². The molecule has 2 unspecified atom stereocenters. The van der Waals surface area contributed by atoms with E-state index in [1.807, 2.05) is 0 Å². The third-order valence-corrected chi connectivity index (χ3v) is 3.84. The number of benzene rings is 1. The Morgan fingerprint density at radius 2 is 1.74 bits per heavy atom. The van der Waals surface area contributed by atoms with Gasteiger partial charge < -0.3 is 10.1 Å². The summed E-state index contributed by atoms with van der Waals surface area (Å²) < 4.78 is 5.23.